The van der Waals surface area contributed by atoms with Gasteiger partial charge in [-0.1, -0.05) is 40.2 Å². The fourth-order valence-corrected chi connectivity index (χ4v) is 3.01. The van der Waals surface area contributed by atoms with Gasteiger partial charge in [0, 0.05) is 12.1 Å². The van der Waals surface area contributed by atoms with Crippen LogP contribution in [-0.4, -0.2) is 12.5 Å². The summed E-state index contributed by atoms with van der Waals surface area (Å²) < 4.78 is 13.3. The number of carbonyl (C=O) groups excluding carboxylic acids is 1. The fraction of sp³-hybridized carbons (Fsp3) is 0.188. The number of carbonyl (C=O) groups is 1. The van der Waals surface area contributed by atoms with E-state index in [2.05, 4.69) is 21.2 Å². The number of halogens is 2. The van der Waals surface area contributed by atoms with Crippen molar-refractivity contribution in [3.8, 4) is 0 Å². The second-order valence-electron chi connectivity index (χ2n) is 4.84. The Morgan fingerprint density at radius 3 is 2.75 bits per heavy atom. The SMILES string of the molecule is O=C1NCCc2ccc(C(Br)c3cccc(F)c3)cc21. The highest BCUT2D eigenvalue weighted by Gasteiger charge is 2.19. The number of nitrogens with one attached hydrogen (secondary N) is 1. The van der Waals surface area contributed by atoms with Crippen LogP contribution in [0.15, 0.2) is 42.5 Å². The highest BCUT2D eigenvalue weighted by Crippen LogP contribution is 2.32. The summed E-state index contributed by atoms with van der Waals surface area (Å²) in [7, 11) is 0. The number of alkyl halides is 1. The van der Waals surface area contributed by atoms with E-state index in [1.165, 1.54) is 12.1 Å². The minimum atomic E-state index is -0.261. The summed E-state index contributed by atoms with van der Waals surface area (Å²) in [4.78, 5) is 11.7. The third-order valence-corrected chi connectivity index (χ3v) is 4.55. The molecular weight excluding hydrogens is 321 g/mol. The van der Waals surface area contributed by atoms with Gasteiger partial charge in [-0.25, -0.2) is 4.39 Å². The van der Waals surface area contributed by atoms with E-state index in [1.54, 1.807) is 6.07 Å². The third kappa shape index (κ3) is 2.48. The lowest BCUT2D eigenvalue weighted by molar-refractivity contribution is 0.0946. The second-order valence-corrected chi connectivity index (χ2v) is 5.76. The van der Waals surface area contributed by atoms with Crippen molar-refractivity contribution in [3.05, 3.63) is 70.5 Å². The predicted octanol–water partition coefficient (Wildman–Crippen LogP) is 3.60. The number of rotatable bonds is 2. The molecule has 2 aromatic carbocycles. The van der Waals surface area contributed by atoms with Gasteiger partial charge in [-0.15, -0.1) is 0 Å². The number of hydrogen-bond donors (Lipinski definition) is 1. The Labute approximate surface area is 125 Å². The van der Waals surface area contributed by atoms with E-state index in [0.29, 0.717) is 6.54 Å². The van der Waals surface area contributed by atoms with Crippen molar-refractivity contribution >= 4 is 21.8 Å². The van der Waals surface area contributed by atoms with Gasteiger partial charge in [0.1, 0.15) is 5.82 Å². The minimum absolute atomic E-state index is 0.0351. The Morgan fingerprint density at radius 1 is 1.15 bits per heavy atom. The van der Waals surface area contributed by atoms with E-state index in [9.17, 15) is 9.18 Å². The summed E-state index contributed by atoms with van der Waals surface area (Å²) in [6, 6.07) is 12.3. The second kappa shape index (κ2) is 5.37. The van der Waals surface area contributed by atoms with Crippen molar-refractivity contribution in [2.45, 2.75) is 11.2 Å². The molecule has 4 heteroatoms. The van der Waals surface area contributed by atoms with Crippen molar-refractivity contribution in [2.75, 3.05) is 6.54 Å². The van der Waals surface area contributed by atoms with Crippen molar-refractivity contribution in [2.24, 2.45) is 0 Å². The summed E-state index contributed by atoms with van der Waals surface area (Å²) in [5, 5.41) is 2.84. The largest absolute Gasteiger partial charge is 0.352 e. The van der Waals surface area contributed by atoms with Gasteiger partial charge < -0.3 is 5.32 Å². The highest BCUT2D eigenvalue weighted by molar-refractivity contribution is 9.09. The lowest BCUT2D eigenvalue weighted by atomic mass is 9.95. The molecule has 20 heavy (non-hydrogen) atoms. The van der Waals surface area contributed by atoms with Crippen LogP contribution in [0.2, 0.25) is 0 Å². The van der Waals surface area contributed by atoms with Gasteiger partial charge in [0.15, 0.2) is 0 Å². The Morgan fingerprint density at radius 2 is 1.95 bits per heavy atom. The van der Waals surface area contributed by atoms with Gasteiger partial charge in [-0.3, -0.25) is 4.79 Å². The summed E-state index contributed by atoms with van der Waals surface area (Å²) in [6.45, 7) is 0.687. The van der Waals surface area contributed by atoms with Crippen LogP contribution >= 0.6 is 15.9 Å². The molecular formula is C16H13BrFNO. The molecule has 3 rings (SSSR count). The number of amides is 1. The topological polar surface area (TPSA) is 29.1 Å². The quantitative estimate of drug-likeness (QED) is 0.836. The minimum Gasteiger partial charge on any atom is -0.352 e. The lowest BCUT2D eigenvalue weighted by Gasteiger charge is -2.19. The van der Waals surface area contributed by atoms with Crippen LogP contribution in [0.1, 0.15) is 31.9 Å². The molecule has 0 saturated heterocycles. The van der Waals surface area contributed by atoms with Crippen LogP contribution in [-0.2, 0) is 6.42 Å². The van der Waals surface area contributed by atoms with Gasteiger partial charge in [-0.05, 0) is 41.3 Å². The van der Waals surface area contributed by atoms with Gasteiger partial charge in [-0.2, -0.15) is 0 Å². The van der Waals surface area contributed by atoms with E-state index in [-0.39, 0.29) is 16.6 Å². The van der Waals surface area contributed by atoms with E-state index in [1.807, 2.05) is 24.3 Å². The molecule has 0 fully saturated rings. The maximum Gasteiger partial charge on any atom is 0.251 e. The average molecular weight is 334 g/mol. The molecule has 102 valence electrons. The molecule has 1 atom stereocenters. The van der Waals surface area contributed by atoms with E-state index in [4.69, 9.17) is 0 Å². The van der Waals surface area contributed by atoms with E-state index in [0.717, 1.165) is 28.7 Å². The Bertz CT molecular complexity index is 671. The van der Waals surface area contributed by atoms with Gasteiger partial charge in [0.05, 0.1) is 4.83 Å². The first-order valence-electron chi connectivity index (χ1n) is 6.46. The summed E-state index contributed by atoms with van der Waals surface area (Å²) in [5.74, 6) is -0.297. The van der Waals surface area contributed by atoms with Crippen LogP contribution in [0.3, 0.4) is 0 Å². The first kappa shape index (κ1) is 13.3. The van der Waals surface area contributed by atoms with E-state index >= 15 is 0 Å². The predicted molar refractivity (Wildman–Crippen MR) is 79.6 cm³/mol. The van der Waals surface area contributed by atoms with Crippen LogP contribution in [0.5, 0.6) is 0 Å². The first-order valence-corrected chi connectivity index (χ1v) is 7.37. The molecule has 0 radical (unpaired) electrons. The molecule has 2 nitrogen and oxygen atoms in total. The molecule has 1 N–H and O–H groups in total. The zero-order valence-electron chi connectivity index (χ0n) is 10.7. The standard InChI is InChI=1S/C16H13BrFNO/c17-15(11-2-1-3-13(18)8-11)12-5-4-10-6-7-19-16(20)14(10)9-12/h1-5,8-9,15H,6-7H2,(H,19,20). The lowest BCUT2D eigenvalue weighted by Crippen LogP contribution is -2.31. The molecule has 0 saturated carbocycles. The highest BCUT2D eigenvalue weighted by atomic mass is 79.9. The number of benzene rings is 2. The van der Waals surface area contributed by atoms with Crippen molar-refractivity contribution < 1.29 is 9.18 Å². The molecule has 0 spiro atoms. The van der Waals surface area contributed by atoms with Crippen molar-refractivity contribution in [3.63, 3.8) is 0 Å². The van der Waals surface area contributed by atoms with Crippen LogP contribution in [0.4, 0.5) is 4.39 Å². The maximum absolute atomic E-state index is 13.3. The van der Waals surface area contributed by atoms with Gasteiger partial charge in [0.2, 0.25) is 0 Å². The molecule has 0 aliphatic carbocycles. The Kier molecular flexibility index (Phi) is 3.57. The van der Waals surface area contributed by atoms with Crippen molar-refractivity contribution in [1.82, 2.24) is 5.32 Å². The molecule has 1 heterocycles. The van der Waals surface area contributed by atoms with Gasteiger partial charge >= 0.3 is 0 Å². The van der Waals surface area contributed by atoms with E-state index < -0.39 is 0 Å². The molecule has 1 amide bonds. The van der Waals surface area contributed by atoms with Crippen LogP contribution in [0.25, 0.3) is 0 Å². The summed E-state index contributed by atoms with van der Waals surface area (Å²) in [5.41, 5.74) is 3.57. The Balaban J connectivity index is 1.98. The van der Waals surface area contributed by atoms with Gasteiger partial charge in [0.25, 0.3) is 5.91 Å². The normalized spacial score (nSPS) is 15.4. The summed E-state index contributed by atoms with van der Waals surface area (Å²) in [6.07, 6.45) is 0.855. The molecule has 1 aliphatic rings. The molecule has 2 aromatic rings. The zero-order chi connectivity index (χ0) is 14.1. The monoisotopic (exact) mass is 333 g/mol. The average Bonchev–Trinajstić information content (AvgIpc) is 2.47. The Hall–Kier alpha value is -1.68. The first-order chi connectivity index (χ1) is 9.65. The van der Waals surface area contributed by atoms with Crippen LogP contribution in [0, 0.1) is 5.82 Å². The number of fused-ring (bicyclic) bond motifs is 1. The molecule has 0 aromatic heterocycles. The number of hydrogen-bond acceptors (Lipinski definition) is 1. The molecule has 0 bridgehead atoms. The zero-order valence-corrected chi connectivity index (χ0v) is 12.3. The smallest absolute Gasteiger partial charge is 0.251 e. The third-order valence-electron chi connectivity index (χ3n) is 3.49. The summed E-state index contributed by atoms with van der Waals surface area (Å²) >= 11 is 3.58. The molecule has 1 unspecified atom stereocenters. The fourth-order valence-electron chi connectivity index (χ4n) is 2.44. The van der Waals surface area contributed by atoms with Crippen molar-refractivity contribution in [1.29, 1.82) is 0 Å². The van der Waals surface area contributed by atoms with Crippen LogP contribution < -0.4 is 5.32 Å². The molecule has 1 aliphatic heterocycles. The maximum atomic E-state index is 13.3.